The van der Waals surface area contributed by atoms with E-state index in [1.807, 2.05) is 81.4 Å². The first kappa shape index (κ1) is 95.4. The van der Waals surface area contributed by atoms with Gasteiger partial charge in [0.2, 0.25) is 23.6 Å². The number of carboxylic acids is 1. The molecule has 0 spiro atoms. The summed E-state index contributed by atoms with van der Waals surface area (Å²) in [6, 6.07) is 39.7. The Balaban J connectivity index is 0.000000195. The van der Waals surface area contributed by atoms with Crippen LogP contribution in [0.15, 0.2) is 170 Å². The minimum Gasteiger partial charge on any atom is -0.496 e. The highest BCUT2D eigenvalue weighted by Gasteiger charge is 2.48. The first-order valence-corrected chi connectivity index (χ1v) is 42.7. The summed E-state index contributed by atoms with van der Waals surface area (Å²) >= 11 is 0. The SMILES string of the molecule is CC(Nc1cccc2c1C(=O)N(C1CCC(=O)NC1=O)C2=O)C(=O)O.CNC(=O)c1cnc2cc(OC)c(-c3ccc(C(=O)NCCCCCC(=O)C(C)Nc4cccc5c4C(=O)N(C4CCC(=O)NC4=O)C5=O)c(F)c3)cc2c1Nc1ccccc1.CNC(=O)c1cnc2cc(OC)c(-c3ccc(C(=O)NCCCCCC(=O)OC(C)(C)C)c(F)c3)cc2c1Nc1ccccc1. The van der Waals surface area contributed by atoms with Crippen LogP contribution in [-0.4, -0.2) is 185 Å². The van der Waals surface area contributed by atoms with E-state index in [2.05, 4.69) is 63.1 Å². The highest BCUT2D eigenvalue weighted by Crippen LogP contribution is 2.43. The number of carboxylic acid groups (broad SMARTS) is 1. The minimum absolute atomic E-state index is 0.00239. The molecule has 0 radical (unpaired) electrons. The average molecular weight is 1800 g/mol. The van der Waals surface area contributed by atoms with E-state index in [0.29, 0.717) is 123 Å². The van der Waals surface area contributed by atoms with Crippen LogP contribution in [0.4, 0.5) is 42.9 Å². The summed E-state index contributed by atoms with van der Waals surface area (Å²) in [5.74, 6) is -8.79. The molecule has 132 heavy (non-hydrogen) atoms. The van der Waals surface area contributed by atoms with Crippen LogP contribution in [0.2, 0.25) is 0 Å². The number of methoxy groups -OCH3 is 2. The summed E-state index contributed by atoms with van der Waals surface area (Å²) in [4.78, 5) is 197. The number of Topliss-reactive ketones (excluding diaryl/α,β-unsaturated/α-hetero) is 1. The Kier molecular flexibility index (Phi) is 30.7. The lowest BCUT2D eigenvalue weighted by Gasteiger charge is -2.27. The second-order valence-electron chi connectivity index (χ2n) is 32.4. The smallest absolute Gasteiger partial charge is 0.325 e. The number of piperidine rings is 2. The van der Waals surface area contributed by atoms with Gasteiger partial charge in [-0.15, -0.1) is 0 Å². The summed E-state index contributed by atoms with van der Waals surface area (Å²) in [7, 11) is 6.08. The molecule has 2 aromatic heterocycles. The molecule has 2 saturated heterocycles. The van der Waals surface area contributed by atoms with Crippen molar-refractivity contribution in [1.29, 1.82) is 0 Å². The van der Waals surface area contributed by atoms with Crippen molar-refractivity contribution >= 4 is 145 Å². The fourth-order valence-corrected chi connectivity index (χ4v) is 15.4. The number of hydrogen-bond donors (Lipinski definition) is 11. The van der Waals surface area contributed by atoms with Gasteiger partial charge in [0.1, 0.15) is 46.9 Å². The Morgan fingerprint density at radius 1 is 0.485 bits per heavy atom. The molecule has 10 aromatic rings. The molecule has 4 atom stereocenters. The number of para-hydroxylation sites is 2. The van der Waals surface area contributed by atoms with Gasteiger partial charge in [-0.3, -0.25) is 102 Å². The van der Waals surface area contributed by atoms with Crippen LogP contribution in [0, 0.1) is 11.6 Å². The third-order valence-electron chi connectivity index (χ3n) is 22.1. The number of carbonyl (C=O) groups is 15. The number of pyridine rings is 2. The summed E-state index contributed by atoms with van der Waals surface area (Å²) in [6.45, 7) is 9.13. The number of carbonyl (C=O) groups excluding carboxylic acids is 14. The third kappa shape index (κ3) is 22.2. The van der Waals surface area contributed by atoms with Crippen molar-refractivity contribution in [2.75, 3.05) is 62.7 Å². The second-order valence-corrected chi connectivity index (χ2v) is 32.4. The van der Waals surface area contributed by atoms with Gasteiger partial charge in [0, 0.05) is 122 Å². The van der Waals surface area contributed by atoms with Crippen LogP contribution in [0.25, 0.3) is 44.1 Å². The maximum Gasteiger partial charge on any atom is 0.325 e. The zero-order chi connectivity index (χ0) is 94.9. The summed E-state index contributed by atoms with van der Waals surface area (Å²) in [5.41, 5.74) is 6.39. The zero-order valence-corrected chi connectivity index (χ0v) is 73.7. The molecule has 0 aliphatic carbocycles. The van der Waals surface area contributed by atoms with E-state index in [-0.39, 0.29) is 107 Å². The number of unbranched alkanes of at least 4 members (excludes halogenated alkanes) is 4. The van der Waals surface area contributed by atoms with Gasteiger partial charge in [-0.05, 0) is 169 Å². The van der Waals surface area contributed by atoms with E-state index in [9.17, 15) is 71.9 Å². The van der Waals surface area contributed by atoms with Crippen molar-refractivity contribution in [2.45, 2.75) is 141 Å². The van der Waals surface area contributed by atoms with Crippen molar-refractivity contribution in [3.8, 4) is 33.8 Å². The molecule has 11 N–H and O–H groups in total. The fraction of sp³-hybridized carbons (Fsp3) is 0.289. The molecule has 0 saturated carbocycles. The molecule has 0 bridgehead atoms. The predicted molar refractivity (Wildman–Crippen MR) is 486 cm³/mol. The van der Waals surface area contributed by atoms with Crippen molar-refractivity contribution in [3.05, 3.63) is 226 Å². The molecule has 6 heterocycles. The van der Waals surface area contributed by atoms with Gasteiger partial charge in [-0.1, -0.05) is 73.5 Å². The number of rotatable bonds is 32. The number of nitrogens with one attached hydrogen (secondary N) is 10. The van der Waals surface area contributed by atoms with Crippen molar-refractivity contribution in [1.82, 2.24) is 51.7 Å². The van der Waals surface area contributed by atoms with Crippen LogP contribution in [0.5, 0.6) is 11.5 Å². The van der Waals surface area contributed by atoms with Crippen molar-refractivity contribution in [2.24, 2.45) is 0 Å². The lowest BCUT2D eigenvalue weighted by Crippen LogP contribution is -2.54. The van der Waals surface area contributed by atoms with E-state index in [4.69, 9.17) is 19.3 Å². The van der Waals surface area contributed by atoms with E-state index in [1.165, 1.54) is 89.1 Å². The number of halogens is 2. The van der Waals surface area contributed by atoms with Gasteiger partial charge < -0.3 is 61.9 Å². The van der Waals surface area contributed by atoms with Gasteiger partial charge in [0.25, 0.3) is 47.3 Å². The summed E-state index contributed by atoms with van der Waals surface area (Å²) in [6.07, 6.45) is 7.26. The Labute approximate surface area is 756 Å². The lowest BCUT2D eigenvalue weighted by molar-refractivity contribution is -0.155. The molecule has 12 amide bonds. The quantitative estimate of drug-likeness (QED) is 0.0106. The molecule has 14 rings (SSSR count). The van der Waals surface area contributed by atoms with E-state index < -0.39 is 106 Å². The monoisotopic (exact) mass is 1800 g/mol. The second kappa shape index (κ2) is 42.5. The number of imide groups is 4. The van der Waals surface area contributed by atoms with Gasteiger partial charge >= 0.3 is 11.9 Å². The molecule has 4 aliphatic rings. The first-order valence-electron chi connectivity index (χ1n) is 42.7. The van der Waals surface area contributed by atoms with Crippen LogP contribution < -0.4 is 62.6 Å². The number of anilines is 6. The highest BCUT2D eigenvalue weighted by molar-refractivity contribution is 6.27. The van der Waals surface area contributed by atoms with Crippen LogP contribution in [0.1, 0.15) is 195 Å². The van der Waals surface area contributed by atoms with Gasteiger partial charge in [-0.2, -0.15) is 0 Å². The number of hydrogen-bond acceptors (Lipinski definition) is 24. The van der Waals surface area contributed by atoms with Crippen LogP contribution in [0.3, 0.4) is 0 Å². The maximum absolute atomic E-state index is 15.6. The fourth-order valence-electron chi connectivity index (χ4n) is 15.4. The van der Waals surface area contributed by atoms with Gasteiger partial charge in [0.15, 0.2) is 5.78 Å². The topological polar surface area (TPSA) is 457 Å². The molecule has 2 fully saturated rings. The highest BCUT2D eigenvalue weighted by atomic mass is 19.1. The molecule has 4 aliphatic heterocycles. The number of nitrogens with zero attached hydrogens (tertiary/aromatic N) is 4. The Morgan fingerprint density at radius 3 is 1.29 bits per heavy atom. The third-order valence-corrected chi connectivity index (χ3v) is 22.1. The van der Waals surface area contributed by atoms with Crippen molar-refractivity contribution < 1.29 is 100 Å². The molecule has 8 aromatic carbocycles. The van der Waals surface area contributed by atoms with Crippen LogP contribution >= 0.6 is 0 Å². The van der Waals surface area contributed by atoms with Crippen molar-refractivity contribution in [3.63, 3.8) is 0 Å². The Morgan fingerprint density at radius 2 is 0.902 bits per heavy atom. The number of benzene rings is 8. The molecular weight excluding hydrogens is 1700 g/mol. The van der Waals surface area contributed by atoms with E-state index in [1.54, 1.807) is 62.5 Å². The van der Waals surface area contributed by atoms with Crippen LogP contribution in [-0.2, 0) is 38.3 Å². The number of esters is 1. The summed E-state index contributed by atoms with van der Waals surface area (Å²) < 4.78 is 47.6. The number of amides is 12. The first-order chi connectivity index (χ1) is 63.2. The van der Waals surface area contributed by atoms with Gasteiger partial charge in [0.05, 0.1) is 87.2 Å². The average Bonchev–Trinajstić information content (AvgIpc) is 1.65. The summed E-state index contributed by atoms with van der Waals surface area (Å²) in [5, 5.41) is 37.7. The Hall–Kier alpha value is -15.7. The lowest BCUT2D eigenvalue weighted by atomic mass is 9.98. The number of aromatic nitrogens is 2. The number of ether oxygens (including phenoxy) is 3. The molecule has 684 valence electrons. The number of aliphatic carboxylic acids is 1. The minimum atomic E-state index is -1.11. The number of ketones is 1. The Bertz CT molecular complexity index is 6250. The number of fused-ring (bicyclic) bond motifs is 4. The van der Waals surface area contributed by atoms with E-state index >= 15 is 8.78 Å². The zero-order valence-electron chi connectivity index (χ0n) is 73.7. The standard InChI is InChI=1S/C46H44FN7O8.C35H39FN4O5.C16H15N3O6/c1-25(51-34-14-10-13-29-40(34)46(61)54(45(29)60)36-18-19-39(56)53-44(36)59)37(55)15-8-5-9-20-49-43(58)28-17-16-26(21-33(28)47)30-22-31-35(23-38(30)62-3)50-24-32(42(57)48-2)41(31)52-27-11-6-4-7-12-27;1-35(2,3)45-31(41)14-10-7-11-17-38-34(43)24-16-15-22(18-28(24)36)25-19-26-29(20-30(25)44-5)39-21-27(33(42)37-4)32(26)40-23-12-8-6-9-13-23;1-7(16(24)25)17-9-4-2-3-8-12(9)15(23)19(14(8)22)10-5-6-11(20)18-13(10)21/h4,6-7,10-14,16-17,21-25,36,51H,5,8-9,15,18-20H2,1-3H3,(H,48,57)(H,49,58)(H,50,52)(H,53,56,59);6,8-9,12-13,15-16,18-21H,7,10-11,14,17H2,1-5H3,(H,37,42)(H,38,43)(H,39,40);2-4,7,10,17H,5-6H2,1H3,(H,24,25)(H,18,20,21). The largest absolute Gasteiger partial charge is 0.496 e. The van der Waals surface area contributed by atoms with E-state index in [0.717, 1.165) is 27.6 Å². The molecule has 4 unspecified atom stereocenters. The van der Waals surface area contributed by atoms with Gasteiger partial charge in [-0.25, -0.2) is 8.78 Å². The molecular formula is C97H98F2N14O19. The molecule has 33 nitrogen and oxygen atoms in total. The predicted octanol–water partition coefficient (Wildman–Crippen LogP) is 12.7. The maximum atomic E-state index is 15.6. The molecule has 35 heteroatoms. The normalized spacial score (nSPS) is 14.9.